The van der Waals surface area contributed by atoms with E-state index in [1.807, 2.05) is 60.7 Å². The molecule has 0 spiro atoms. The molecule has 7 atom stereocenters. The molecule has 0 amide bonds. The number of aryl methyl sites for hydroxylation is 2. The number of thiocarbonyl (C=S) groups is 2. The van der Waals surface area contributed by atoms with Crippen LogP contribution in [0.4, 0.5) is 0 Å². The van der Waals surface area contributed by atoms with Crippen LogP contribution in [0.15, 0.2) is 60.7 Å². The number of aliphatic hydroxyl groups is 5. The van der Waals surface area contributed by atoms with Gasteiger partial charge in [-0.3, -0.25) is 0 Å². The molecule has 2 unspecified atom stereocenters. The molecule has 2 fully saturated rings. The molecule has 2 aromatic carbocycles. The van der Waals surface area contributed by atoms with Gasteiger partial charge >= 0.3 is 0 Å². The lowest BCUT2D eigenvalue weighted by molar-refractivity contribution is -0.419. The summed E-state index contributed by atoms with van der Waals surface area (Å²) in [4.78, 5) is -0.122. The molecule has 8 heteroatoms. The average molecular weight is 503 g/mol. The summed E-state index contributed by atoms with van der Waals surface area (Å²) < 4.78 is 5.47. The van der Waals surface area contributed by atoms with E-state index in [2.05, 4.69) is 0 Å². The minimum atomic E-state index is -2.55. The van der Waals surface area contributed by atoms with Crippen molar-refractivity contribution in [1.82, 2.24) is 0 Å². The SMILES string of the molecule is CC1C(O)[C@H]2O[C@@H](O)[C@@](O)(C(=S)CCc3ccccc3)[C@](O)(C(=S)CCc3ccccc3)[C@@]12O. The van der Waals surface area contributed by atoms with Gasteiger partial charge in [-0.1, -0.05) is 92.0 Å². The van der Waals surface area contributed by atoms with Crippen molar-refractivity contribution in [2.24, 2.45) is 5.92 Å². The quantitative estimate of drug-likeness (QED) is 0.348. The van der Waals surface area contributed by atoms with Gasteiger partial charge in [0.15, 0.2) is 17.5 Å². The van der Waals surface area contributed by atoms with E-state index in [0.29, 0.717) is 12.8 Å². The number of rotatable bonds is 8. The van der Waals surface area contributed by atoms with E-state index in [4.69, 9.17) is 29.2 Å². The van der Waals surface area contributed by atoms with Crippen LogP contribution < -0.4 is 0 Å². The molecule has 1 saturated heterocycles. The summed E-state index contributed by atoms with van der Waals surface area (Å²) in [5.41, 5.74) is -5.28. The number of ether oxygens (including phenoxy) is 1. The van der Waals surface area contributed by atoms with E-state index in [1.54, 1.807) is 6.92 Å². The van der Waals surface area contributed by atoms with Crippen LogP contribution in [0.5, 0.6) is 0 Å². The molecule has 1 saturated carbocycles. The van der Waals surface area contributed by atoms with Gasteiger partial charge in [-0.2, -0.15) is 0 Å². The van der Waals surface area contributed by atoms with Gasteiger partial charge in [0.05, 0.1) is 6.10 Å². The second-order valence-electron chi connectivity index (χ2n) is 9.31. The molecule has 1 heterocycles. The Morgan fingerprint density at radius 2 is 1.29 bits per heavy atom. The summed E-state index contributed by atoms with van der Waals surface area (Å²) in [6, 6.07) is 18.9. The van der Waals surface area contributed by atoms with Crippen LogP contribution in [0.25, 0.3) is 0 Å². The highest BCUT2D eigenvalue weighted by Crippen LogP contribution is 2.57. The monoisotopic (exact) mass is 502 g/mol. The molecule has 0 aromatic heterocycles. The molecule has 5 N–H and O–H groups in total. The number of benzene rings is 2. The highest BCUT2D eigenvalue weighted by atomic mass is 32.1. The number of hydrogen-bond donors (Lipinski definition) is 5. The van der Waals surface area contributed by atoms with Gasteiger partial charge in [-0.05, 0) is 36.8 Å². The van der Waals surface area contributed by atoms with Crippen LogP contribution in [-0.2, 0) is 17.6 Å². The van der Waals surface area contributed by atoms with Crippen molar-refractivity contribution in [1.29, 1.82) is 0 Å². The summed E-state index contributed by atoms with van der Waals surface area (Å²) in [6.45, 7) is 1.54. The predicted molar refractivity (Wildman–Crippen MR) is 136 cm³/mol. The maximum absolute atomic E-state index is 12.1. The third-order valence-corrected chi connectivity index (χ3v) is 8.53. The molecule has 6 nitrogen and oxygen atoms in total. The van der Waals surface area contributed by atoms with Gasteiger partial charge < -0.3 is 30.3 Å². The Bertz CT molecular complexity index is 1050. The molecule has 34 heavy (non-hydrogen) atoms. The van der Waals surface area contributed by atoms with Crippen LogP contribution in [-0.4, -0.2) is 70.6 Å². The standard InChI is InChI=1S/C26H30O6S2/c1-16-21(27)22-24(16,29)26(31,20(34)15-13-18-10-6-3-7-11-18)25(30,23(28)32-22)19(33)14-12-17-8-4-2-5-9-17/h2-11,16,21-23,27-31H,12-15H2,1H3/t16?,21?,22-,23-,24-,25+,26+/m1/s1. The van der Waals surface area contributed by atoms with Crippen molar-refractivity contribution < 1.29 is 30.3 Å². The van der Waals surface area contributed by atoms with Crippen molar-refractivity contribution in [2.75, 3.05) is 0 Å². The zero-order chi connectivity index (χ0) is 24.7. The summed E-state index contributed by atoms with van der Waals surface area (Å²) in [7, 11) is 0. The van der Waals surface area contributed by atoms with Crippen LogP contribution in [0.3, 0.4) is 0 Å². The van der Waals surface area contributed by atoms with E-state index in [1.165, 1.54) is 0 Å². The Balaban J connectivity index is 1.68. The lowest BCUT2D eigenvalue weighted by atomic mass is 9.49. The first-order valence-corrected chi connectivity index (χ1v) is 12.2. The van der Waals surface area contributed by atoms with Crippen molar-refractivity contribution in [3.63, 3.8) is 0 Å². The average Bonchev–Trinajstić information content (AvgIpc) is 2.87. The van der Waals surface area contributed by atoms with Gasteiger partial charge in [-0.25, -0.2) is 0 Å². The normalized spacial score (nSPS) is 36.9. The van der Waals surface area contributed by atoms with Crippen LogP contribution in [0, 0.1) is 5.92 Å². The van der Waals surface area contributed by atoms with Crippen molar-refractivity contribution in [3.8, 4) is 0 Å². The molecule has 1 aliphatic heterocycles. The summed E-state index contributed by atoms with van der Waals surface area (Å²) in [6.07, 6.45) is -3.28. The van der Waals surface area contributed by atoms with E-state index < -0.39 is 41.2 Å². The first kappa shape index (κ1) is 25.5. The van der Waals surface area contributed by atoms with Crippen LogP contribution in [0.1, 0.15) is 30.9 Å². The maximum atomic E-state index is 12.1. The minimum Gasteiger partial charge on any atom is -0.390 e. The molecule has 2 aliphatic rings. The van der Waals surface area contributed by atoms with E-state index >= 15 is 0 Å². The minimum absolute atomic E-state index is 0.0467. The van der Waals surface area contributed by atoms with Gasteiger partial charge in [-0.15, -0.1) is 0 Å². The lowest BCUT2D eigenvalue weighted by Crippen LogP contribution is -2.92. The highest BCUT2D eigenvalue weighted by molar-refractivity contribution is 7.81. The van der Waals surface area contributed by atoms with Gasteiger partial charge in [0.2, 0.25) is 0 Å². The zero-order valence-corrected chi connectivity index (χ0v) is 20.5. The first-order valence-electron chi connectivity index (χ1n) is 11.4. The number of hydrogen-bond acceptors (Lipinski definition) is 8. The topological polar surface area (TPSA) is 110 Å². The van der Waals surface area contributed by atoms with Crippen molar-refractivity contribution in [3.05, 3.63) is 71.8 Å². The lowest BCUT2D eigenvalue weighted by Gasteiger charge is -2.68. The van der Waals surface area contributed by atoms with Crippen molar-refractivity contribution >= 4 is 34.2 Å². The van der Waals surface area contributed by atoms with E-state index in [-0.39, 0.29) is 22.6 Å². The second-order valence-corrected chi connectivity index (χ2v) is 10.3. The van der Waals surface area contributed by atoms with E-state index in [0.717, 1.165) is 11.1 Å². The first-order chi connectivity index (χ1) is 16.1. The Hall–Kier alpha value is -1.62. The Morgan fingerprint density at radius 3 is 1.79 bits per heavy atom. The van der Waals surface area contributed by atoms with E-state index in [9.17, 15) is 25.5 Å². The zero-order valence-electron chi connectivity index (χ0n) is 18.9. The third-order valence-electron chi connectivity index (χ3n) is 7.51. The Morgan fingerprint density at radius 1 is 0.824 bits per heavy atom. The summed E-state index contributed by atoms with van der Waals surface area (Å²) >= 11 is 11.2. The Kier molecular flexibility index (Phi) is 7.07. The van der Waals surface area contributed by atoms with Crippen LogP contribution in [0.2, 0.25) is 0 Å². The Labute approximate surface area is 209 Å². The fourth-order valence-electron chi connectivity index (χ4n) is 5.32. The summed E-state index contributed by atoms with van der Waals surface area (Å²) in [5, 5.41) is 57.0. The molecule has 2 aromatic rings. The summed E-state index contributed by atoms with van der Waals surface area (Å²) in [5.74, 6) is -0.881. The smallest absolute Gasteiger partial charge is 0.192 e. The third kappa shape index (κ3) is 3.68. The van der Waals surface area contributed by atoms with Crippen LogP contribution >= 0.6 is 24.4 Å². The van der Waals surface area contributed by atoms with Gasteiger partial charge in [0, 0.05) is 15.6 Å². The fraction of sp³-hybridized carbons (Fsp3) is 0.462. The molecular formula is C26H30O6S2. The van der Waals surface area contributed by atoms with Crippen molar-refractivity contribution in [2.45, 2.75) is 67.9 Å². The number of fused-ring (bicyclic) bond motifs is 1. The molecule has 4 rings (SSSR count). The predicted octanol–water partition coefficient (Wildman–Crippen LogP) is 1.91. The second kappa shape index (κ2) is 9.44. The number of aliphatic hydroxyl groups excluding tert-OH is 2. The largest absolute Gasteiger partial charge is 0.390 e. The molecule has 0 bridgehead atoms. The fourth-order valence-corrected chi connectivity index (χ4v) is 6.09. The maximum Gasteiger partial charge on any atom is 0.192 e. The molecular weight excluding hydrogens is 472 g/mol. The molecule has 182 valence electrons. The highest BCUT2D eigenvalue weighted by Gasteiger charge is 2.82. The van der Waals surface area contributed by atoms with Gasteiger partial charge in [0.1, 0.15) is 11.7 Å². The van der Waals surface area contributed by atoms with Gasteiger partial charge in [0.25, 0.3) is 0 Å². The molecule has 0 radical (unpaired) electrons. The molecule has 1 aliphatic carbocycles.